The lowest BCUT2D eigenvalue weighted by Gasteiger charge is -2.25. The molecule has 0 unspecified atom stereocenters. The summed E-state index contributed by atoms with van der Waals surface area (Å²) in [5, 5.41) is 4.25. The second kappa shape index (κ2) is 12.2. The number of ether oxygens (including phenoxy) is 2. The Kier molecular flexibility index (Phi) is 9.04. The summed E-state index contributed by atoms with van der Waals surface area (Å²) in [6.07, 6.45) is 1.39. The summed E-state index contributed by atoms with van der Waals surface area (Å²) in [6.45, 7) is 0.998. The number of rotatable bonds is 10. The van der Waals surface area contributed by atoms with E-state index in [1.54, 1.807) is 61.5 Å². The quantitative estimate of drug-likeness (QED) is 0.244. The summed E-state index contributed by atoms with van der Waals surface area (Å²) in [7, 11) is -2.80. The number of hydrazone groups is 1. The molecule has 0 aliphatic rings. The molecule has 0 bridgehead atoms. The molecule has 0 saturated heterocycles. The molecule has 188 valence electrons. The van der Waals surface area contributed by atoms with Crippen LogP contribution in [0.25, 0.3) is 0 Å². The minimum Gasteiger partial charge on any atom is -0.482 e. The van der Waals surface area contributed by atoms with Crippen LogP contribution >= 0.6 is 11.6 Å². The van der Waals surface area contributed by atoms with Crippen molar-refractivity contribution in [2.75, 3.05) is 24.6 Å². The number of nitrogens with zero attached hydrogens (tertiary/aromatic N) is 2. The predicted molar refractivity (Wildman–Crippen MR) is 137 cm³/mol. The van der Waals surface area contributed by atoms with E-state index >= 15 is 0 Å². The first-order chi connectivity index (χ1) is 17.2. The fourth-order valence-corrected chi connectivity index (χ4v) is 4.73. The van der Waals surface area contributed by atoms with E-state index < -0.39 is 28.4 Å². The molecule has 3 aromatic rings. The largest absolute Gasteiger partial charge is 0.482 e. The van der Waals surface area contributed by atoms with Gasteiger partial charge >= 0.3 is 5.97 Å². The van der Waals surface area contributed by atoms with Crippen molar-refractivity contribution in [3.63, 3.8) is 0 Å². The fraction of sp³-hybridized carbons (Fsp3) is 0.160. The fourth-order valence-electron chi connectivity index (χ4n) is 3.07. The Morgan fingerprint density at radius 1 is 1.06 bits per heavy atom. The van der Waals surface area contributed by atoms with Crippen LogP contribution < -0.4 is 14.5 Å². The average Bonchev–Trinajstić information content (AvgIpc) is 2.88. The Hall–Kier alpha value is -3.89. The number of hydrogen-bond donors (Lipinski definition) is 1. The van der Waals surface area contributed by atoms with Gasteiger partial charge in [-0.05, 0) is 66.6 Å². The van der Waals surface area contributed by atoms with Gasteiger partial charge in [-0.15, -0.1) is 0 Å². The van der Waals surface area contributed by atoms with Crippen molar-refractivity contribution in [3.8, 4) is 5.75 Å². The maximum absolute atomic E-state index is 13.4. The molecule has 0 fully saturated rings. The van der Waals surface area contributed by atoms with Gasteiger partial charge in [0.1, 0.15) is 12.3 Å². The number of amides is 1. The summed E-state index contributed by atoms with van der Waals surface area (Å²) < 4.78 is 37.6. The summed E-state index contributed by atoms with van der Waals surface area (Å²) >= 11 is 6.12. The third-order valence-corrected chi connectivity index (χ3v) is 6.93. The van der Waals surface area contributed by atoms with Crippen LogP contribution in [0.15, 0.2) is 82.8 Å². The van der Waals surface area contributed by atoms with Crippen molar-refractivity contribution >= 4 is 45.4 Å². The second-order valence-corrected chi connectivity index (χ2v) is 9.78. The first-order valence-corrected chi connectivity index (χ1v) is 12.5. The van der Waals surface area contributed by atoms with Gasteiger partial charge in [0.2, 0.25) is 0 Å². The van der Waals surface area contributed by atoms with Crippen LogP contribution in [0.2, 0.25) is 5.02 Å². The average molecular weight is 530 g/mol. The van der Waals surface area contributed by atoms with Crippen LogP contribution in [0.4, 0.5) is 5.69 Å². The van der Waals surface area contributed by atoms with E-state index in [0.717, 1.165) is 4.31 Å². The van der Waals surface area contributed by atoms with Crippen LogP contribution in [-0.4, -0.2) is 46.8 Å². The molecule has 0 aliphatic heterocycles. The van der Waals surface area contributed by atoms with Crippen molar-refractivity contribution in [2.45, 2.75) is 11.8 Å². The molecule has 0 spiro atoms. The highest BCUT2D eigenvalue weighted by Gasteiger charge is 2.28. The summed E-state index contributed by atoms with van der Waals surface area (Å²) in [5.74, 6) is -0.692. The third-order valence-electron chi connectivity index (χ3n) is 4.93. The second-order valence-electron chi connectivity index (χ2n) is 7.48. The first kappa shape index (κ1) is 26.7. The summed E-state index contributed by atoms with van der Waals surface area (Å²) in [4.78, 5) is 23.9. The number of carbonyl (C=O) groups is 2. The van der Waals surface area contributed by atoms with Gasteiger partial charge in [0.15, 0.2) is 6.61 Å². The lowest BCUT2D eigenvalue weighted by atomic mass is 10.2. The Labute approximate surface area is 214 Å². The Balaban J connectivity index is 1.73. The van der Waals surface area contributed by atoms with Gasteiger partial charge in [-0.1, -0.05) is 35.9 Å². The highest BCUT2D eigenvalue weighted by molar-refractivity contribution is 7.92. The number of carbonyl (C=O) groups excluding carboxylic acids is 2. The molecule has 3 rings (SSSR count). The zero-order valence-corrected chi connectivity index (χ0v) is 21.1. The predicted octanol–water partition coefficient (Wildman–Crippen LogP) is 3.55. The standard InChI is InChI=1S/C25H24ClN3O6S/c1-18-8-11-20(26)14-23(18)29(36(32,33)22-6-4-3-5-7-22)16-24(30)28-27-15-19-9-12-21(13-10-19)35-17-25(31)34-2/h3-15H,16-17H2,1-2H3,(H,28,30)/b27-15-. The Bertz CT molecular complexity index is 1350. The van der Waals surface area contributed by atoms with Crippen molar-refractivity contribution in [1.29, 1.82) is 0 Å². The number of hydrogen-bond acceptors (Lipinski definition) is 7. The van der Waals surface area contributed by atoms with E-state index in [1.807, 2.05) is 0 Å². The molecule has 0 saturated carbocycles. The summed E-state index contributed by atoms with van der Waals surface area (Å²) in [5.41, 5.74) is 3.90. The molecule has 36 heavy (non-hydrogen) atoms. The molecule has 0 atom stereocenters. The van der Waals surface area contributed by atoms with Crippen molar-refractivity contribution in [2.24, 2.45) is 5.10 Å². The van der Waals surface area contributed by atoms with E-state index in [2.05, 4.69) is 15.3 Å². The van der Waals surface area contributed by atoms with E-state index in [-0.39, 0.29) is 17.2 Å². The van der Waals surface area contributed by atoms with Gasteiger partial charge in [-0.3, -0.25) is 9.10 Å². The number of benzene rings is 3. The molecule has 1 amide bonds. The number of esters is 1. The van der Waals surface area contributed by atoms with Crippen LogP contribution in [0.1, 0.15) is 11.1 Å². The van der Waals surface area contributed by atoms with Crippen LogP contribution in [0.3, 0.4) is 0 Å². The van der Waals surface area contributed by atoms with E-state index in [1.165, 1.54) is 31.5 Å². The van der Waals surface area contributed by atoms with Crippen LogP contribution in [0.5, 0.6) is 5.75 Å². The molecule has 0 aromatic heterocycles. The van der Waals surface area contributed by atoms with Crippen molar-refractivity contribution < 1.29 is 27.5 Å². The van der Waals surface area contributed by atoms with Crippen LogP contribution in [0, 0.1) is 6.92 Å². The topological polar surface area (TPSA) is 114 Å². The van der Waals surface area contributed by atoms with E-state index in [9.17, 15) is 18.0 Å². The SMILES string of the molecule is COC(=O)COc1ccc(/C=N\NC(=O)CN(c2cc(Cl)ccc2C)S(=O)(=O)c2ccccc2)cc1. The molecule has 9 nitrogen and oxygen atoms in total. The normalized spacial score (nSPS) is 11.2. The highest BCUT2D eigenvalue weighted by atomic mass is 35.5. The smallest absolute Gasteiger partial charge is 0.343 e. The molecule has 11 heteroatoms. The third kappa shape index (κ3) is 7.06. The maximum atomic E-state index is 13.4. The van der Waals surface area contributed by atoms with Crippen molar-refractivity contribution in [3.05, 3.63) is 88.9 Å². The molecular formula is C25H24ClN3O6S. The monoisotopic (exact) mass is 529 g/mol. The molecule has 3 aromatic carbocycles. The Morgan fingerprint density at radius 2 is 1.75 bits per heavy atom. The van der Waals surface area contributed by atoms with Gasteiger partial charge in [0.25, 0.3) is 15.9 Å². The molecule has 0 aliphatic carbocycles. The molecule has 0 heterocycles. The van der Waals surface area contributed by atoms with E-state index in [4.69, 9.17) is 16.3 Å². The molecule has 1 N–H and O–H groups in total. The number of methoxy groups -OCH3 is 1. The number of aryl methyl sites for hydroxylation is 1. The highest BCUT2D eigenvalue weighted by Crippen LogP contribution is 2.29. The zero-order chi connectivity index (χ0) is 26.1. The zero-order valence-electron chi connectivity index (χ0n) is 19.5. The first-order valence-electron chi connectivity index (χ1n) is 10.7. The van der Waals surface area contributed by atoms with Gasteiger partial charge < -0.3 is 9.47 Å². The maximum Gasteiger partial charge on any atom is 0.343 e. The minimum absolute atomic E-state index is 0.0372. The number of halogens is 1. The van der Waals surface area contributed by atoms with Gasteiger partial charge in [0.05, 0.1) is 23.9 Å². The Morgan fingerprint density at radius 3 is 2.42 bits per heavy atom. The number of sulfonamides is 1. The van der Waals surface area contributed by atoms with Gasteiger partial charge in [-0.25, -0.2) is 18.6 Å². The van der Waals surface area contributed by atoms with Crippen molar-refractivity contribution in [1.82, 2.24) is 5.43 Å². The molecule has 0 radical (unpaired) electrons. The lowest BCUT2D eigenvalue weighted by molar-refractivity contribution is -0.142. The number of anilines is 1. The van der Waals surface area contributed by atoms with Gasteiger partial charge in [0, 0.05) is 5.02 Å². The number of nitrogens with one attached hydrogen (secondary N) is 1. The minimum atomic E-state index is -4.07. The molecular weight excluding hydrogens is 506 g/mol. The van der Waals surface area contributed by atoms with Crippen LogP contribution in [-0.2, 0) is 24.3 Å². The van der Waals surface area contributed by atoms with E-state index in [0.29, 0.717) is 21.9 Å². The lowest BCUT2D eigenvalue weighted by Crippen LogP contribution is -2.40. The summed E-state index contributed by atoms with van der Waals surface area (Å²) in [6, 6.07) is 19.2. The van der Waals surface area contributed by atoms with Gasteiger partial charge in [-0.2, -0.15) is 5.10 Å².